The molecule has 10 heavy (non-hydrogen) atoms. The van der Waals surface area contributed by atoms with E-state index in [2.05, 4.69) is 0 Å². The standard InChI is InChI=1S/C8H14O2/c1-7(2)5-6-8(3,4)10-9-7/h5-6H,1-4H3. The molecule has 1 heterocycles. The van der Waals surface area contributed by atoms with E-state index in [1.54, 1.807) is 0 Å². The van der Waals surface area contributed by atoms with E-state index in [1.165, 1.54) is 0 Å². The van der Waals surface area contributed by atoms with Gasteiger partial charge in [-0.15, -0.1) is 0 Å². The second kappa shape index (κ2) is 2.07. The first kappa shape index (κ1) is 7.76. The minimum Gasteiger partial charge on any atom is -0.226 e. The summed E-state index contributed by atoms with van der Waals surface area (Å²) in [7, 11) is 0. The molecule has 0 N–H and O–H groups in total. The second-order valence-corrected chi connectivity index (χ2v) is 3.71. The van der Waals surface area contributed by atoms with Crippen LogP contribution in [0.3, 0.4) is 0 Å². The Kier molecular flexibility index (Phi) is 1.61. The lowest BCUT2D eigenvalue weighted by molar-refractivity contribution is -0.387. The monoisotopic (exact) mass is 142 g/mol. The van der Waals surface area contributed by atoms with Gasteiger partial charge in [-0.05, 0) is 27.7 Å². The minimum atomic E-state index is -0.268. The fourth-order valence-electron chi connectivity index (χ4n) is 0.672. The van der Waals surface area contributed by atoms with E-state index in [0.717, 1.165) is 0 Å². The Morgan fingerprint density at radius 2 is 1.10 bits per heavy atom. The van der Waals surface area contributed by atoms with Gasteiger partial charge in [-0.3, -0.25) is 0 Å². The zero-order valence-corrected chi connectivity index (χ0v) is 6.97. The first-order valence-electron chi connectivity index (χ1n) is 3.49. The molecular formula is C8H14O2. The van der Waals surface area contributed by atoms with Gasteiger partial charge < -0.3 is 0 Å². The summed E-state index contributed by atoms with van der Waals surface area (Å²) in [5.74, 6) is 0. The van der Waals surface area contributed by atoms with Gasteiger partial charge in [0.05, 0.1) is 0 Å². The van der Waals surface area contributed by atoms with Crippen LogP contribution in [0.1, 0.15) is 27.7 Å². The van der Waals surface area contributed by atoms with Crippen LogP contribution in [0.5, 0.6) is 0 Å². The molecule has 1 rings (SSSR count). The van der Waals surface area contributed by atoms with Crippen LogP contribution in [0.25, 0.3) is 0 Å². The zero-order valence-electron chi connectivity index (χ0n) is 6.97. The van der Waals surface area contributed by atoms with Crippen molar-refractivity contribution < 1.29 is 9.78 Å². The van der Waals surface area contributed by atoms with E-state index in [1.807, 2.05) is 39.8 Å². The molecule has 2 heteroatoms. The molecule has 2 nitrogen and oxygen atoms in total. The Labute approximate surface area is 61.8 Å². The summed E-state index contributed by atoms with van der Waals surface area (Å²) < 4.78 is 0. The molecule has 0 fully saturated rings. The van der Waals surface area contributed by atoms with Crippen molar-refractivity contribution in [2.24, 2.45) is 0 Å². The molecule has 0 saturated heterocycles. The third-order valence-electron chi connectivity index (χ3n) is 1.36. The van der Waals surface area contributed by atoms with E-state index >= 15 is 0 Å². The highest BCUT2D eigenvalue weighted by molar-refractivity contribution is 5.06. The maximum absolute atomic E-state index is 5.09. The molecule has 0 spiro atoms. The third-order valence-corrected chi connectivity index (χ3v) is 1.36. The molecule has 0 aromatic rings. The highest BCUT2D eigenvalue weighted by Crippen LogP contribution is 2.25. The van der Waals surface area contributed by atoms with Crippen molar-refractivity contribution in [3.63, 3.8) is 0 Å². The van der Waals surface area contributed by atoms with Crippen LogP contribution < -0.4 is 0 Å². The van der Waals surface area contributed by atoms with E-state index in [9.17, 15) is 0 Å². The lowest BCUT2D eigenvalue weighted by Crippen LogP contribution is -2.35. The molecule has 0 radical (unpaired) electrons. The minimum absolute atomic E-state index is 0.268. The molecule has 1 aliphatic heterocycles. The summed E-state index contributed by atoms with van der Waals surface area (Å²) in [5, 5.41) is 0. The number of rotatable bonds is 0. The van der Waals surface area contributed by atoms with Crippen molar-refractivity contribution in [2.45, 2.75) is 38.9 Å². The predicted molar refractivity (Wildman–Crippen MR) is 39.5 cm³/mol. The third kappa shape index (κ3) is 1.82. The van der Waals surface area contributed by atoms with Crippen LogP contribution in [0.2, 0.25) is 0 Å². The van der Waals surface area contributed by atoms with Gasteiger partial charge in [-0.1, -0.05) is 12.2 Å². The van der Waals surface area contributed by atoms with E-state index in [-0.39, 0.29) is 11.2 Å². The maximum atomic E-state index is 5.09. The van der Waals surface area contributed by atoms with E-state index in [4.69, 9.17) is 9.78 Å². The van der Waals surface area contributed by atoms with Gasteiger partial charge in [0.2, 0.25) is 0 Å². The number of hydrogen-bond donors (Lipinski definition) is 0. The first-order chi connectivity index (χ1) is 4.41. The normalized spacial score (nSPS) is 28.4. The van der Waals surface area contributed by atoms with Crippen LogP contribution in [-0.4, -0.2) is 11.2 Å². The van der Waals surface area contributed by atoms with Gasteiger partial charge in [0.25, 0.3) is 0 Å². The molecule has 0 saturated carbocycles. The van der Waals surface area contributed by atoms with Gasteiger partial charge in [-0.2, -0.15) is 0 Å². The summed E-state index contributed by atoms with van der Waals surface area (Å²) in [4.78, 5) is 10.2. The molecule has 0 unspecified atom stereocenters. The molecule has 1 aliphatic rings. The van der Waals surface area contributed by atoms with Crippen LogP contribution in [0.15, 0.2) is 12.2 Å². The predicted octanol–water partition coefficient (Wildman–Crippen LogP) is 2.06. The zero-order chi connectivity index (χ0) is 7.83. The SMILES string of the molecule is CC1(C)C=CC(C)(C)OO1. The average Bonchev–Trinajstić information content (AvgIpc) is 1.79. The molecule has 0 amide bonds. The summed E-state index contributed by atoms with van der Waals surface area (Å²) in [6.07, 6.45) is 4.02. The lowest BCUT2D eigenvalue weighted by Gasteiger charge is -2.32. The Bertz CT molecular complexity index is 139. The van der Waals surface area contributed by atoms with Gasteiger partial charge >= 0.3 is 0 Å². The van der Waals surface area contributed by atoms with Gasteiger partial charge in [-0.25, -0.2) is 9.78 Å². The molecule has 0 aliphatic carbocycles. The highest BCUT2D eigenvalue weighted by atomic mass is 17.2. The summed E-state index contributed by atoms with van der Waals surface area (Å²) >= 11 is 0. The second-order valence-electron chi connectivity index (χ2n) is 3.71. The number of hydrogen-bond acceptors (Lipinski definition) is 2. The van der Waals surface area contributed by atoms with Crippen LogP contribution >= 0.6 is 0 Å². The van der Waals surface area contributed by atoms with Gasteiger partial charge in [0, 0.05) is 0 Å². The van der Waals surface area contributed by atoms with Crippen LogP contribution in [0, 0.1) is 0 Å². The molecular weight excluding hydrogens is 128 g/mol. The first-order valence-corrected chi connectivity index (χ1v) is 3.49. The van der Waals surface area contributed by atoms with Gasteiger partial charge in [0.15, 0.2) is 0 Å². The van der Waals surface area contributed by atoms with Crippen molar-refractivity contribution in [1.82, 2.24) is 0 Å². The topological polar surface area (TPSA) is 18.5 Å². The molecule has 0 bridgehead atoms. The van der Waals surface area contributed by atoms with Crippen molar-refractivity contribution >= 4 is 0 Å². The smallest absolute Gasteiger partial charge is 0.116 e. The van der Waals surface area contributed by atoms with E-state index in [0.29, 0.717) is 0 Å². The Balaban J connectivity index is 2.70. The fraction of sp³-hybridized carbons (Fsp3) is 0.750. The Morgan fingerprint density at radius 1 is 0.800 bits per heavy atom. The molecule has 58 valence electrons. The summed E-state index contributed by atoms with van der Waals surface area (Å²) in [6.45, 7) is 7.83. The Hall–Kier alpha value is -0.340. The molecule has 0 aromatic heterocycles. The highest BCUT2D eigenvalue weighted by Gasteiger charge is 2.28. The molecule has 0 aromatic carbocycles. The summed E-state index contributed by atoms with van der Waals surface area (Å²) in [5.41, 5.74) is -0.537. The van der Waals surface area contributed by atoms with Crippen molar-refractivity contribution in [3.8, 4) is 0 Å². The maximum Gasteiger partial charge on any atom is 0.116 e. The largest absolute Gasteiger partial charge is 0.226 e. The van der Waals surface area contributed by atoms with E-state index < -0.39 is 0 Å². The van der Waals surface area contributed by atoms with Crippen molar-refractivity contribution in [2.75, 3.05) is 0 Å². The van der Waals surface area contributed by atoms with Crippen molar-refractivity contribution in [1.29, 1.82) is 0 Å². The Morgan fingerprint density at radius 3 is 1.30 bits per heavy atom. The quantitative estimate of drug-likeness (QED) is 0.380. The van der Waals surface area contributed by atoms with Crippen molar-refractivity contribution in [3.05, 3.63) is 12.2 Å². The van der Waals surface area contributed by atoms with Crippen LogP contribution in [-0.2, 0) is 9.78 Å². The van der Waals surface area contributed by atoms with Gasteiger partial charge in [0.1, 0.15) is 11.2 Å². The fourth-order valence-corrected chi connectivity index (χ4v) is 0.672. The molecule has 0 atom stereocenters. The lowest BCUT2D eigenvalue weighted by atomic mass is 10.0. The van der Waals surface area contributed by atoms with Crippen LogP contribution in [0.4, 0.5) is 0 Å². The summed E-state index contributed by atoms with van der Waals surface area (Å²) in [6, 6.07) is 0. The average molecular weight is 142 g/mol.